The first kappa shape index (κ1) is 19.2. The summed E-state index contributed by atoms with van der Waals surface area (Å²) in [5.41, 5.74) is 6.71. The molecule has 0 saturated carbocycles. The Kier molecular flexibility index (Phi) is 5.08. The summed E-state index contributed by atoms with van der Waals surface area (Å²) in [6, 6.07) is 1.48. The van der Waals surface area contributed by atoms with E-state index in [1.807, 2.05) is 30.0 Å². The third kappa shape index (κ3) is 3.74. The molecule has 0 spiro atoms. The second kappa shape index (κ2) is 7.69. The summed E-state index contributed by atoms with van der Waals surface area (Å²) in [7, 11) is 1.84. The molecule has 2 fully saturated rings. The highest BCUT2D eigenvalue weighted by molar-refractivity contribution is 5.86. The molecule has 0 bridgehead atoms. The van der Waals surface area contributed by atoms with Crippen LogP contribution >= 0.6 is 0 Å². The van der Waals surface area contributed by atoms with Gasteiger partial charge in [0.25, 0.3) is 0 Å². The first-order chi connectivity index (χ1) is 14.0. The average Bonchev–Trinajstić information content (AvgIpc) is 3.29. The number of fused-ring (bicyclic) bond motifs is 1. The maximum absolute atomic E-state index is 12.9. The van der Waals surface area contributed by atoms with Crippen LogP contribution in [0.4, 0.5) is 11.8 Å². The van der Waals surface area contributed by atoms with Gasteiger partial charge in [-0.2, -0.15) is 10.1 Å². The minimum absolute atomic E-state index is 0.00156. The van der Waals surface area contributed by atoms with E-state index in [1.54, 1.807) is 23.1 Å². The van der Waals surface area contributed by atoms with Crippen LogP contribution in [-0.4, -0.2) is 61.6 Å². The number of nitrogens with zero attached hydrogens (tertiary/aromatic N) is 6. The highest BCUT2D eigenvalue weighted by Gasteiger charge is 2.49. The van der Waals surface area contributed by atoms with E-state index in [2.05, 4.69) is 20.4 Å². The minimum Gasteiger partial charge on any atom is -0.384 e. The van der Waals surface area contributed by atoms with Gasteiger partial charge in [-0.15, -0.1) is 0 Å². The molecule has 29 heavy (non-hydrogen) atoms. The second-order valence-corrected chi connectivity index (χ2v) is 7.67. The highest BCUT2D eigenvalue weighted by Crippen LogP contribution is 2.35. The van der Waals surface area contributed by atoms with Gasteiger partial charge in [0.05, 0.1) is 18.2 Å². The average molecular weight is 398 g/mol. The van der Waals surface area contributed by atoms with Gasteiger partial charge in [0.2, 0.25) is 17.8 Å². The highest BCUT2D eigenvalue weighted by atomic mass is 16.2. The van der Waals surface area contributed by atoms with Crippen molar-refractivity contribution < 1.29 is 9.59 Å². The molecule has 2 aliphatic heterocycles. The van der Waals surface area contributed by atoms with Crippen molar-refractivity contribution in [2.24, 2.45) is 13.0 Å². The Hall–Kier alpha value is -3.17. The fraction of sp³-hybridized carbons (Fsp3) is 0.526. The summed E-state index contributed by atoms with van der Waals surface area (Å²) in [6.07, 6.45) is 6.57. The van der Waals surface area contributed by atoms with Gasteiger partial charge in [-0.1, -0.05) is 6.92 Å². The summed E-state index contributed by atoms with van der Waals surface area (Å²) in [4.78, 5) is 38.1. The largest absolute Gasteiger partial charge is 0.384 e. The summed E-state index contributed by atoms with van der Waals surface area (Å²) in [5.74, 6) is 0.578. The number of anilines is 2. The lowest BCUT2D eigenvalue weighted by molar-refractivity contribution is -0.135. The van der Waals surface area contributed by atoms with Gasteiger partial charge >= 0.3 is 0 Å². The molecule has 4 heterocycles. The molecule has 2 aromatic heterocycles. The molecule has 2 aliphatic rings. The van der Waals surface area contributed by atoms with Crippen LogP contribution in [0, 0.1) is 5.92 Å². The quantitative estimate of drug-likeness (QED) is 0.722. The Bertz CT molecular complexity index is 913. The maximum atomic E-state index is 12.9. The molecule has 0 unspecified atom stereocenters. The van der Waals surface area contributed by atoms with Gasteiger partial charge in [0, 0.05) is 44.1 Å². The van der Waals surface area contributed by atoms with E-state index in [1.165, 1.54) is 0 Å². The van der Waals surface area contributed by atoms with Crippen LogP contribution in [0.15, 0.2) is 24.7 Å². The summed E-state index contributed by atoms with van der Waals surface area (Å²) in [5, 5.41) is 7.13. The van der Waals surface area contributed by atoms with Gasteiger partial charge in [0.15, 0.2) is 0 Å². The third-order valence-corrected chi connectivity index (χ3v) is 5.71. The van der Waals surface area contributed by atoms with Crippen LogP contribution in [-0.2, 0) is 23.2 Å². The lowest BCUT2D eigenvalue weighted by Gasteiger charge is -2.39. The van der Waals surface area contributed by atoms with Crippen LogP contribution in [0.1, 0.15) is 25.3 Å². The zero-order valence-electron chi connectivity index (χ0n) is 16.7. The molecule has 2 saturated heterocycles. The number of aromatic nitrogens is 4. The van der Waals surface area contributed by atoms with Crippen molar-refractivity contribution in [3.8, 4) is 0 Å². The number of nitrogens with two attached hydrogens (primary N) is 1. The number of carbonyl (C=O) groups excluding carboxylic acids is 2. The molecule has 3 N–H and O–H groups in total. The van der Waals surface area contributed by atoms with Crippen molar-refractivity contribution in [1.82, 2.24) is 30.0 Å². The summed E-state index contributed by atoms with van der Waals surface area (Å²) in [6.45, 7) is 3.25. The summed E-state index contributed by atoms with van der Waals surface area (Å²) < 4.78 is 1.71. The van der Waals surface area contributed by atoms with Crippen LogP contribution in [0.25, 0.3) is 0 Å². The van der Waals surface area contributed by atoms with Crippen molar-refractivity contribution in [3.05, 3.63) is 30.2 Å². The van der Waals surface area contributed by atoms with Crippen molar-refractivity contribution in [2.45, 2.75) is 38.4 Å². The molecular formula is C19H26N8O2. The number of hydrogen-bond acceptors (Lipinski definition) is 7. The molecular weight excluding hydrogens is 372 g/mol. The van der Waals surface area contributed by atoms with E-state index < -0.39 is 0 Å². The molecule has 0 aromatic carbocycles. The van der Waals surface area contributed by atoms with Crippen molar-refractivity contribution in [2.75, 3.05) is 23.7 Å². The first-order valence-electron chi connectivity index (χ1n) is 9.86. The Morgan fingerprint density at radius 3 is 2.93 bits per heavy atom. The van der Waals surface area contributed by atoms with Crippen LogP contribution in [0.5, 0.6) is 0 Å². The zero-order chi connectivity index (χ0) is 20.5. The lowest BCUT2D eigenvalue weighted by atomic mass is 9.96. The standard InChI is InChI=1S/C19H26N8O2/c1-3-15-14(18(29)22-7-12-8-23-25(2)9-12)6-13-10-26(11-17(28)27(13)15)19-21-5-4-16(20)24-19/h4-5,8-9,13-15H,3,6-7,10-11H2,1-2H3,(H,22,29)(H2,20,21,24)/t13-,14-,15-/m1/s1. The Labute approximate surface area is 169 Å². The smallest absolute Gasteiger partial charge is 0.242 e. The number of nitrogen functional groups attached to an aromatic ring is 1. The van der Waals surface area contributed by atoms with Crippen LogP contribution < -0.4 is 16.0 Å². The molecule has 2 amide bonds. The molecule has 10 heteroatoms. The van der Waals surface area contributed by atoms with Gasteiger partial charge in [0.1, 0.15) is 12.4 Å². The van der Waals surface area contributed by atoms with Gasteiger partial charge in [-0.3, -0.25) is 14.3 Å². The minimum atomic E-state index is -0.229. The van der Waals surface area contributed by atoms with Crippen molar-refractivity contribution >= 4 is 23.6 Å². The predicted octanol–water partition coefficient (Wildman–Crippen LogP) is -0.0756. The monoisotopic (exact) mass is 398 g/mol. The Morgan fingerprint density at radius 1 is 1.41 bits per heavy atom. The zero-order valence-corrected chi connectivity index (χ0v) is 16.7. The fourth-order valence-corrected chi connectivity index (χ4v) is 4.46. The first-order valence-corrected chi connectivity index (χ1v) is 9.86. The number of rotatable bonds is 5. The van der Waals surface area contributed by atoms with E-state index in [0.717, 1.165) is 12.0 Å². The third-order valence-electron chi connectivity index (χ3n) is 5.71. The van der Waals surface area contributed by atoms with Gasteiger partial charge < -0.3 is 20.9 Å². The van der Waals surface area contributed by atoms with Crippen LogP contribution in [0.2, 0.25) is 0 Å². The number of amides is 2. The molecule has 10 nitrogen and oxygen atoms in total. The predicted molar refractivity (Wildman–Crippen MR) is 107 cm³/mol. The molecule has 0 aliphatic carbocycles. The molecule has 3 atom stereocenters. The second-order valence-electron chi connectivity index (χ2n) is 7.67. The number of aryl methyl sites for hydroxylation is 1. The fourth-order valence-electron chi connectivity index (χ4n) is 4.46. The Balaban J connectivity index is 1.46. The van der Waals surface area contributed by atoms with Crippen molar-refractivity contribution in [3.63, 3.8) is 0 Å². The maximum Gasteiger partial charge on any atom is 0.242 e. The van der Waals surface area contributed by atoms with E-state index in [4.69, 9.17) is 5.73 Å². The Morgan fingerprint density at radius 2 is 2.24 bits per heavy atom. The van der Waals surface area contributed by atoms with Gasteiger partial charge in [-0.05, 0) is 18.9 Å². The molecule has 0 radical (unpaired) electrons. The van der Waals surface area contributed by atoms with E-state index in [-0.39, 0.29) is 36.4 Å². The lowest BCUT2D eigenvalue weighted by Crippen LogP contribution is -2.56. The van der Waals surface area contributed by atoms with E-state index in [9.17, 15) is 9.59 Å². The molecule has 2 aromatic rings. The van der Waals surface area contributed by atoms with Gasteiger partial charge in [-0.25, -0.2) is 4.98 Å². The number of carbonyl (C=O) groups is 2. The number of piperazine rings is 1. The normalized spacial score (nSPS) is 23.9. The molecule has 154 valence electrons. The molecule has 4 rings (SSSR count). The van der Waals surface area contributed by atoms with E-state index in [0.29, 0.717) is 31.3 Å². The van der Waals surface area contributed by atoms with E-state index >= 15 is 0 Å². The summed E-state index contributed by atoms with van der Waals surface area (Å²) >= 11 is 0. The number of nitrogens with one attached hydrogen (secondary N) is 1. The topological polar surface area (TPSA) is 122 Å². The SMILES string of the molecule is CC[C@@H]1[C@H](C(=O)NCc2cnn(C)c2)C[C@@H]2CN(c3nccc(N)n3)CC(=O)N21. The number of hydrogen-bond donors (Lipinski definition) is 2. The van der Waals surface area contributed by atoms with Crippen LogP contribution in [0.3, 0.4) is 0 Å². The van der Waals surface area contributed by atoms with Crippen molar-refractivity contribution in [1.29, 1.82) is 0 Å².